The van der Waals surface area contributed by atoms with Crippen molar-refractivity contribution in [1.29, 1.82) is 15.8 Å². The van der Waals surface area contributed by atoms with Gasteiger partial charge >= 0.3 is 0 Å². The van der Waals surface area contributed by atoms with E-state index in [-0.39, 0.29) is 33.8 Å². The van der Waals surface area contributed by atoms with Crippen LogP contribution in [0.3, 0.4) is 0 Å². The van der Waals surface area contributed by atoms with Crippen LogP contribution in [-0.4, -0.2) is 219 Å². The zero-order valence-corrected chi connectivity index (χ0v) is 77.2. The number of piperazine rings is 3. The van der Waals surface area contributed by atoms with E-state index in [2.05, 4.69) is 88.5 Å². The van der Waals surface area contributed by atoms with Gasteiger partial charge in [-0.15, -0.1) is 0 Å². The van der Waals surface area contributed by atoms with E-state index in [9.17, 15) is 49.5 Å². The maximum atomic E-state index is 14.3. The molecule has 6 saturated heterocycles. The Labute approximate surface area is 779 Å². The molecular weight excluding hydrogens is 1780 g/mol. The quantitative estimate of drug-likeness (QED) is 0.0674. The largest absolute Gasteiger partial charge is 0.489 e. The van der Waals surface area contributed by atoms with Gasteiger partial charge in [0.25, 0.3) is 20.0 Å². The summed E-state index contributed by atoms with van der Waals surface area (Å²) in [5.41, 5.74) is 15.0. The molecule has 6 aliphatic heterocycles. The number of hydrogen-bond donors (Lipinski definition) is 2. The fourth-order valence-corrected chi connectivity index (χ4v) is 22.6. The molecule has 686 valence electrons. The van der Waals surface area contributed by atoms with Gasteiger partial charge in [0.1, 0.15) is 59.4 Å². The van der Waals surface area contributed by atoms with E-state index in [0.29, 0.717) is 159 Å². The molecule has 134 heavy (non-hydrogen) atoms. The zero-order valence-electron chi connectivity index (χ0n) is 74.0. The van der Waals surface area contributed by atoms with E-state index < -0.39 is 40.1 Å². The van der Waals surface area contributed by atoms with Crippen LogP contribution < -0.4 is 34.2 Å². The molecule has 0 radical (unpaired) electrons. The number of nitriles is 3. The first-order chi connectivity index (χ1) is 65.0. The van der Waals surface area contributed by atoms with Crippen molar-refractivity contribution in [3.05, 3.63) is 260 Å². The number of hydrogen-bond acceptors (Lipinski definition) is 24. The third kappa shape index (κ3) is 19.9. The number of pyridine rings is 3. The molecule has 0 unspecified atom stereocenters. The molecular formula is C101H99N15O14S4. The van der Waals surface area contributed by atoms with Crippen molar-refractivity contribution in [1.82, 2.24) is 41.8 Å². The van der Waals surface area contributed by atoms with Crippen molar-refractivity contribution in [3.63, 3.8) is 0 Å². The second kappa shape index (κ2) is 39.8. The Bertz CT molecular complexity index is 7250. The maximum Gasteiger partial charge on any atom is 0.269 e. The predicted molar refractivity (Wildman–Crippen MR) is 516 cm³/mol. The van der Waals surface area contributed by atoms with E-state index in [0.717, 1.165) is 143 Å². The van der Waals surface area contributed by atoms with E-state index in [1.165, 1.54) is 29.1 Å². The van der Waals surface area contributed by atoms with Crippen LogP contribution in [0, 0.1) is 34.0 Å². The van der Waals surface area contributed by atoms with Crippen LogP contribution in [0.15, 0.2) is 253 Å². The van der Waals surface area contributed by atoms with Gasteiger partial charge in [-0.05, 0) is 184 Å². The molecule has 20 rings (SSSR count). The fraction of sp³-hybridized carbons (Fsp3) is 0.287. The van der Waals surface area contributed by atoms with Gasteiger partial charge in [-0.3, -0.25) is 0 Å². The van der Waals surface area contributed by atoms with Crippen molar-refractivity contribution in [2.24, 2.45) is 0 Å². The smallest absolute Gasteiger partial charge is 0.269 e. The Balaban J connectivity index is 0.000000135. The molecule has 8 aromatic carbocycles. The summed E-state index contributed by atoms with van der Waals surface area (Å²) < 4.78 is 145. The average molecular weight is 1880 g/mol. The highest BCUT2D eigenvalue weighted by Gasteiger charge is 2.33. The molecule has 0 spiro atoms. The Kier molecular flexibility index (Phi) is 27.1. The van der Waals surface area contributed by atoms with Gasteiger partial charge in [0.05, 0.1) is 90.0 Å². The molecule has 12 heterocycles. The first-order valence-corrected chi connectivity index (χ1v) is 51.3. The van der Waals surface area contributed by atoms with Crippen LogP contribution >= 0.6 is 0 Å². The zero-order chi connectivity index (χ0) is 92.7. The van der Waals surface area contributed by atoms with Gasteiger partial charge < -0.3 is 53.4 Å². The first-order valence-electron chi connectivity index (χ1n) is 44.7. The number of aromatic amines is 1. The molecule has 6 aliphatic rings. The summed E-state index contributed by atoms with van der Waals surface area (Å²) in [7, 11) is -14.5. The molecule has 29 nitrogen and oxygen atoms in total. The standard InChI is InChI=1S/C36H35N5O6S2.C35H33N5O4S.C30H31N5O4S/c1-48(42,43)40-19-17-39(18-20-40)29-10-7-26(8-11-29)34-24-33-32(13-16-38-36(33)41(34)49(44,45)31-5-3-2-4-6-31)27-9-12-35(28(23-27)25-37)47-30-14-21-46-22-15-30;36-24-27-22-26(8-11-34(27)44-29-13-20-43-21-14-29)31-12-15-38-35-32(31)23-33(40(35)45(41,42)30-4-2-1-3-5-30)25-6-9-28(10-7-25)39-18-16-37-17-19-39;1-40(36,37)35-14-12-34(13-15-35)24-5-2-21(3-6-24)28-19-27-26(8-11-32-30(27)33-28)22-4-7-29(23(18-22)20-31)39-25-9-16-38-17-10-25/h2-13,16,23-24,30H,14-15,17-22H2,1H3;1-12,15,22-23,29,37H,13-14,16-21H2;2-8,11,18-19,25H,9-10,12-17H2,1H3,(H,32,33). The number of ether oxygens (including phenoxy) is 6. The highest BCUT2D eigenvalue weighted by atomic mass is 32.2. The average Bonchev–Trinajstić information content (AvgIpc) is 1.58. The predicted octanol–water partition coefficient (Wildman–Crippen LogP) is 15.0. The van der Waals surface area contributed by atoms with Crippen LogP contribution in [-0.2, 0) is 54.3 Å². The molecule has 0 atom stereocenters. The summed E-state index contributed by atoms with van der Waals surface area (Å²) in [6.07, 6.45) is 12.2. The molecule has 2 N–H and O–H groups in total. The lowest BCUT2D eigenvalue weighted by molar-refractivity contribution is 0.0252. The first kappa shape index (κ1) is 91.2. The minimum absolute atomic E-state index is 0.00193. The maximum absolute atomic E-state index is 14.3. The Morgan fingerprint density at radius 3 is 1.04 bits per heavy atom. The van der Waals surface area contributed by atoms with E-state index in [1.54, 1.807) is 97.5 Å². The fourth-order valence-electron chi connectivity index (χ4n) is 18.0. The molecule has 6 fully saturated rings. The summed E-state index contributed by atoms with van der Waals surface area (Å²) in [5.74, 6) is 1.65. The number of sulfonamides is 2. The normalized spacial score (nSPS) is 16.5. The van der Waals surface area contributed by atoms with E-state index >= 15 is 0 Å². The summed E-state index contributed by atoms with van der Waals surface area (Å²) >= 11 is 0. The van der Waals surface area contributed by atoms with Crippen LogP contribution in [0.2, 0.25) is 0 Å². The van der Waals surface area contributed by atoms with Gasteiger partial charge in [-0.1, -0.05) is 91.0 Å². The molecule has 0 amide bonds. The number of aromatic nitrogens is 6. The number of H-pyrrole nitrogens is 1. The third-order valence-corrected chi connectivity index (χ3v) is 31.2. The van der Waals surface area contributed by atoms with Gasteiger partial charge in [0, 0.05) is 175 Å². The highest BCUT2D eigenvalue weighted by Crippen LogP contribution is 2.43. The van der Waals surface area contributed by atoms with Crippen molar-refractivity contribution < 1.29 is 62.1 Å². The van der Waals surface area contributed by atoms with Crippen molar-refractivity contribution in [2.45, 2.75) is 66.6 Å². The van der Waals surface area contributed by atoms with Crippen LogP contribution in [0.25, 0.3) is 100 Å². The number of nitrogens with one attached hydrogen (secondary N) is 2. The second-order valence-corrected chi connectivity index (χ2v) is 41.2. The third-order valence-electron chi connectivity index (χ3n) is 25.2. The monoisotopic (exact) mass is 1870 g/mol. The van der Waals surface area contributed by atoms with Gasteiger partial charge in [-0.2, -0.15) is 24.4 Å². The minimum atomic E-state index is -4.09. The van der Waals surface area contributed by atoms with E-state index in [4.69, 9.17) is 28.4 Å². The van der Waals surface area contributed by atoms with Crippen LogP contribution in [0.5, 0.6) is 17.2 Å². The van der Waals surface area contributed by atoms with Crippen molar-refractivity contribution in [3.8, 4) is 103 Å². The van der Waals surface area contributed by atoms with E-state index in [1.807, 2.05) is 115 Å². The summed E-state index contributed by atoms with van der Waals surface area (Å²) in [6.45, 7) is 11.8. The second-order valence-electron chi connectivity index (χ2n) is 33.7. The molecule has 6 aromatic heterocycles. The topological polar surface area (TPSA) is 356 Å². The molecule has 0 saturated carbocycles. The van der Waals surface area contributed by atoms with Crippen molar-refractivity contribution >= 4 is 90.3 Å². The van der Waals surface area contributed by atoms with Crippen LogP contribution in [0.1, 0.15) is 55.2 Å². The number of fused-ring (bicyclic) bond motifs is 3. The van der Waals surface area contributed by atoms with Gasteiger partial charge in [0.2, 0.25) is 20.0 Å². The minimum Gasteiger partial charge on any atom is -0.489 e. The van der Waals surface area contributed by atoms with Gasteiger partial charge in [-0.25, -0.2) is 56.6 Å². The Morgan fingerprint density at radius 1 is 0.358 bits per heavy atom. The number of rotatable bonds is 21. The SMILES string of the molecule is CS(=O)(=O)N1CCN(c2ccc(-c3cc4c(-c5ccc(OC6CCOCC6)c(C#N)c5)ccnc4[nH]3)cc2)CC1.CS(=O)(=O)N1CCN(c2ccc(-c3cc4c(-c5ccc(OC6CCOCC6)c(C#N)c5)ccnc4n3S(=O)(=O)c3ccccc3)cc2)CC1.N#Cc1cc(-c2ccnc3c2cc(-c2ccc(N4CCNCC4)cc2)n3S(=O)(=O)c2ccccc2)ccc1OC1CCOCC1. The lowest BCUT2D eigenvalue weighted by atomic mass is 10.0. The summed E-state index contributed by atoms with van der Waals surface area (Å²) in [5, 5.41) is 35.5. The number of benzene rings is 8. The molecule has 0 aliphatic carbocycles. The number of anilines is 3. The summed E-state index contributed by atoms with van der Waals surface area (Å²) in [4.78, 5) is 24.1. The lowest BCUT2D eigenvalue weighted by Gasteiger charge is -2.34. The highest BCUT2D eigenvalue weighted by molar-refractivity contribution is 7.90. The van der Waals surface area contributed by atoms with Gasteiger partial charge in [0.15, 0.2) is 11.3 Å². The lowest BCUT2D eigenvalue weighted by Crippen LogP contribution is -2.48. The van der Waals surface area contributed by atoms with Crippen molar-refractivity contribution in [2.75, 3.05) is 145 Å². The molecule has 14 aromatic rings. The number of nitrogens with zero attached hydrogens (tertiary/aromatic N) is 13. The molecule has 33 heteroatoms. The van der Waals surface area contributed by atoms with Crippen LogP contribution in [0.4, 0.5) is 17.1 Å². The molecule has 0 bridgehead atoms. The summed E-state index contributed by atoms with van der Waals surface area (Å²) in [6, 6.07) is 75.6. The Hall–Kier alpha value is -13.3. The Morgan fingerprint density at radius 2 is 0.687 bits per heavy atom.